The molecule has 0 saturated carbocycles. The molecule has 0 bridgehead atoms. The van der Waals surface area contributed by atoms with E-state index in [-0.39, 0.29) is 0 Å². The van der Waals surface area contributed by atoms with Gasteiger partial charge in [-0.25, -0.2) is 0 Å². The molecule has 0 atom stereocenters. The topological polar surface area (TPSA) is 55.2 Å². The predicted molar refractivity (Wildman–Crippen MR) is 60.0 cm³/mol. The monoisotopic (exact) mass is 215 g/mol. The second kappa shape index (κ2) is 3.13. The molecule has 1 aromatic carbocycles. The first-order valence-corrected chi connectivity index (χ1v) is 4.86. The number of methoxy groups -OCH3 is 1. The lowest BCUT2D eigenvalue weighted by atomic mass is 10.2. The van der Waals surface area contributed by atoms with Crippen LogP contribution in [0.2, 0.25) is 0 Å². The van der Waals surface area contributed by atoms with Crippen LogP contribution in [0, 0.1) is 0 Å². The SMILES string of the molecule is COc1ccc2c(c1)oc1[nH]c(C=O)cc12. The molecule has 0 aliphatic heterocycles. The number of hydrogen-bond donors (Lipinski definition) is 1. The van der Waals surface area contributed by atoms with Crippen LogP contribution in [0.4, 0.5) is 0 Å². The zero-order valence-corrected chi connectivity index (χ0v) is 8.61. The van der Waals surface area contributed by atoms with E-state index in [0.717, 1.165) is 28.4 Å². The number of rotatable bonds is 2. The number of carbonyl (C=O) groups is 1. The van der Waals surface area contributed by atoms with E-state index in [9.17, 15) is 4.79 Å². The second-order valence-corrected chi connectivity index (χ2v) is 3.55. The molecule has 0 spiro atoms. The summed E-state index contributed by atoms with van der Waals surface area (Å²) in [7, 11) is 1.61. The summed E-state index contributed by atoms with van der Waals surface area (Å²) in [4.78, 5) is 13.5. The Kier molecular flexibility index (Phi) is 1.77. The van der Waals surface area contributed by atoms with Gasteiger partial charge in [0, 0.05) is 16.8 Å². The molecule has 0 fully saturated rings. The number of furan rings is 1. The Labute approximate surface area is 90.8 Å². The highest BCUT2D eigenvalue weighted by Gasteiger charge is 2.10. The first-order valence-electron chi connectivity index (χ1n) is 4.86. The van der Waals surface area contributed by atoms with Gasteiger partial charge in [0.05, 0.1) is 12.8 Å². The number of aromatic nitrogens is 1. The third-order valence-electron chi connectivity index (χ3n) is 2.62. The van der Waals surface area contributed by atoms with E-state index >= 15 is 0 Å². The summed E-state index contributed by atoms with van der Waals surface area (Å²) in [5.41, 5.74) is 1.88. The number of carbonyl (C=O) groups excluding carboxylic acids is 1. The van der Waals surface area contributed by atoms with Crippen molar-refractivity contribution in [2.24, 2.45) is 0 Å². The minimum atomic E-state index is 0.520. The minimum absolute atomic E-state index is 0.520. The zero-order valence-electron chi connectivity index (χ0n) is 8.61. The van der Waals surface area contributed by atoms with E-state index in [1.807, 2.05) is 18.2 Å². The Bertz CT molecular complexity index is 678. The lowest BCUT2D eigenvalue weighted by Gasteiger charge is -1.97. The summed E-state index contributed by atoms with van der Waals surface area (Å²) >= 11 is 0. The lowest BCUT2D eigenvalue weighted by Crippen LogP contribution is -1.80. The number of aromatic amines is 1. The van der Waals surface area contributed by atoms with E-state index in [1.165, 1.54) is 0 Å². The van der Waals surface area contributed by atoms with Crippen molar-refractivity contribution in [1.82, 2.24) is 4.98 Å². The average Bonchev–Trinajstić information content (AvgIpc) is 2.84. The molecule has 0 unspecified atom stereocenters. The minimum Gasteiger partial charge on any atom is -0.497 e. The Balaban J connectivity index is 2.35. The summed E-state index contributed by atoms with van der Waals surface area (Å²) in [5.74, 6) is 0.750. The highest BCUT2D eigenvalue weighted by molar-refractivity contribution is 6.06. The molecular formula is C12H9NO3. The molecule has 0 radical (unpaired) electrons. The zero-order chi connectivity index (χ0) is 11.1. The summed E-state index contributed by atoms with van der Waals surface area (Å²) < 4.78 is 10.7. The molecule has 16 heavy (non-hydrogen) atoms. The van der Waals surface area contributed by atoms with Gasteiger partial charge in [-0.05, 0) is 18.2 Å². The van der Waals surface area contributed by atoms with Gasteiger partial charge in [0.15, 0.2) is 6.29 Å². The first kappa shape index (κ1) is 9.03. The molecule has 2 heterocycles. The quantitative estimate of drug-likeness (QED) is 0.668. The van der Waals surface area contributed by atoms with E-state index in [0.29, 0.717) is 11.4 Å². The van der Waals surface area contributed by atoms with Gasteiger partial charge in [-0.2, -0.15) is 0 Å². The summed E-state index contributed by atoms with van der Waals surface area (Å²) in [6.45, 7) is 0. The Morgan fingerprint density at radius 1 is 1.31 bits per heavy atom. The van der Waals surface area contributed by atoms with Crippen LogP contribution < -0.4 is 4.74 Å². The van der Waals surface area contributed by atoms with Crippen LogP contribution in [-0.2, 0) is 0 Å². The standard InChI is InChI=1S/C12H9NO3/c1-15-8-2-3-9-10-4-7(6-14)13-12(10)16-11(9)5-8/h2-6,13H,1H3. The van der Waals surface area contributed by atoms with Crippen LogP contribution in [-0.4, -0.2) is 18.4 Å². The highest BCUT2D eigenvalue weighted by atomic mass is 16.5. The number of ether oxygens (including phenoxy) is 1. The van der Waals surface area contributed by atoms with Gasteiger partial charge < -0.3 is 14.1 Å². The van der Waals surface area contributed by atoms with Gasteiger partial charge >= 0.3 is 0 Å². The van der Waals surface area contributed by atoms with Crippen LogP contribution >= 0.6 is 0 Å². The summed E-state index contributed by atoms with van der Waals surface area (Å²) in [6.07, 6.45) is 0.769. The molecule has 3 aromatic rings. The number of H-pyrrole nitrogens is 1. The molecule has 0 aliphatic carbocycles. The fourth-order valence-corrected chi connectivity index (χ4v) is 1.85. The first-order chi connectivity index (χ1) is 7.81. The van der Waals surface area contributed by atoms with Crippen LogP contribution in [0.25, 0.3) is 22.1 Å². The molecule has 0 saturated heterocycles. The number of aldehydes is 1. The molecule has 80 valence electrons. The maximum atomic E-state index is 10.6. The van der Waals surface area contributed by atoms with Crippen LogP contribution in [0.5, 0.6) is 5.75 Å². The molecule has 3 rings (SSSR count). The molecule has 2 aromatic heterocycles. The smallest absolute Gasteiger partial charge is 0.206 e. The van der Waals surface area contributed by atoms with Crippen molar-refractivity contribution in [3.05, 3.63) is 30.0 Å². The molecule has 0 aliphatic rings. The van der Waals surface area contributed by atoms with E-state index in [1.54, 1.807) is 13.2 Å². The maximum Gasteiger partial charge on any atom is 0.206 e. The summed E-state index contributed by atoms with van der Waals surface area (Å²) in [6, 6.07) is 7.39. The van der Waals surface area contributed by atoms with Crippen LogP contribution in [0.1, 0.15) is 10.5 Å². The number of nitrogens with one attached hydrogen (secondary N) is 1. The Hall–Kier alpha value is -2.23. The van der Waals surface area contributed by atoms with Crippen molar-refractivity contribution in [3.8, 4) is 5.75 Å². The highest BCUT2D eigenvalue weighted by Crippen LogP contribution is 2.31. The van der Waals surface area contributed by atoms with Gasteiger partial charge in [0.25, 0.3) is 0 Å². The van der Waals surface area contributed by atoms with Crippen molar-refractivity contribution in [2.75, 3.05) is 7.11 Å². The third kappa shape index (κ3) is 1.13. The number of hydrogen-bond acceptors (Lipinski definition) is 3. The van der Waals surface area contributed by atoms with Crippen molar-refractivity contribution in [1.29, 1.82) is 0 Å². The number of fused-ring (bicyclic) bond motifs is 3. The van der Waals surface area contributed by atoms with Gasteiger partial charge in [0.1, 0.15) is 11.3 Å². The molecular weight excluding hydrogens is 206 g/mol. The molecule has 4 nitrogen and oxygen atoms in total. The van der Waals surface area contributed by atoms with Crippen molar-refractivity contribution < 1.29 is 13.9 Å². The molecule has 0 amide bonds. The normalized spacial score (nSPS) is 11.1. The van der Waals surface area contributed by atoms with Gasteiger partial charge in [0.2, 0.25) is 5.71 Å². The molecule has 1 N–H and O–H groups in total. The van der Waals surface area contributed by atoms with Crippen molar-refractivity contribution >= 4 is 28.4 Å². The number of benzene rings is 1. The van der Waals surface area contributed by atoms with E-state index < -0.39 is 0 Å². The third-order valence-corrected chi connectivity index (χ3v) is 2.62. The van der Waals surface area contributed by atoms with Gasteiger partial charge in [-0.1, -0.05) is 0 Å². The van der Waals surface area contributed by atoms with Crippen molar-refractivity contribution in [2.45, 2.75) is 0 Å². The fourth-order valence-electron chi connectivity index (χ4n) is 1.85. The fraction of sp³-hybridized carbons (Fsp3) is 0.0833. The van der Waals surface area contributed by atoms with Crippen LogP contribution in [0.3, 0.4) is 0 Å². The van der Waals surface area contributed by atoms with E-state index in [2.05, 4.69) is 4.98 Å². The summed E-state index contributed by atoms with van der Waals surface area (Å²) in [5, 5.41) is 1.89. The van der Waals surface area contributed by atoms with E-state index in [4.69, 9.17) is 9.15 Å². The molecule has 4 heteroatoms. The predicted octanol–water partition coefficient (Wildman–Crippen LogP) is 2.74. The largest absolute Gasteiger partial charge is 0.497 e. The van der Waals surface area contributed by atoms with Gasteiger partial charge in [-0.3, -0.25) is 4.79 Å². The van der Waals surface area contributed by atoms with Gasteiger partial charge in [-0.15, -0.1) is 0 Å². The lowest BCUT2D eigenvalue weighted by molar-refractivity contribution is 0.111. The second-order valence-electron chi connectivity index (χ2n) is 3.55. The average molecular weight is 215 g/mol. The Morgan fingerprint density at radius 2 is 2.19 bits per heavy atom. The van der Waals surface area contributed by atoms with Crippen LogP contribution in [0.15, 0.2) is 28.7 Å². The van der Waals surface area contributed by atoms with Crippen molar-refractivity contribution in [3.63, 3.8) is 0 Å². The Morgan fingerprint density at radius 3 is 2.94 bits per heavy atom. The maximum absolute atomic E-state index is 10.6.